The molecule has 1 aliphatic carbocycles. The highest BCUT2D eigenvalue weighted by atomic mass is 16.6. The van der Waals surface area contributed by atoms with Gasteiger partial charge in [0.1, 0.15) is 6.04 Å². The largest absolute Gasteiger partial charge is 0.481 e. The summed E-state index contributed by atoms with van der Waals surface area (Å²) in [5.74, 6) is -0.628. The minimum Gasteiger partial charge on any atom is -0.481 e. The lowest BCUT2D eigenvalue weighted by Crippen LogP contribution is -2.47. The van der Waals surface area contributed by atoms with Crippen LogP contribution in [-0.4, -0.2) is 52.4 Å². The lowest BCUT2D eigenvalue weighted by molar-refractivity contribution is -0.145. The molecule has 2 aliphatic rings. The molecule has 2 heterocycles. The van der Waals surface area contributed by atoms with E-state index >= 15 is 0 Å². The highest BCUT2D eigenvalue weighted by Gasteiger charge is 2.59. The normalized spacial score (nSPS) is 23.8. The Morgan fingerprint density at radius 3 is 2.33 bits per heavy atom. The predicted octanol–water partition coefficient (Wildman–Crippen LogP) is 6.35. The first-order chi connectivity index (χ1) is 18.5. The van der Waals surface area contributed by atoms with E-state index in [1.54, 1.807) is 21.0 Å². The predicted molar refractivity (Wildman–Crippen MR) is 148 cm³/mol. The van der Waals surface area contributed by atoms with E-state index in [1.807, 2.05) is 57.3 Å². The Hall–Kier alpha value is -3.13. The first-order valence-corrected chi connectivity index (χ1v) is 13.9. The Kier molecular flexibility index (Phi) is 8.84. The van der Waals surface area contributed by atoms with Gasteiger partial charge in [0, 0.05) is 17.7 Å². The molecule has 1 N–H and O–H groups in total. The molecule has 0 unspecified atom stereocenters. The fraction of sp³-hybridized carbons (Fsp3) is 0.581. The molecule has 1 aromatic heterocycles. The van der Waals surface area contributed by atoms with Crippen LogP contribution in [0.2, 0.25) is 0 Å². The Labute approximate surface area is 231 Å². The van der Waals surface area contributed by atoms with Gasteiger partial charge in [-0.2, -0.15) is 0 Å². The van der Waals surface area contributed by atoms with Gasteiger partial charge in [-0.05, 0) is 55.2 Å². The molecule has 0 radical (unpaired) electrons. The zero-order valence-corrected chi connectivity index (χ0v) is 23.9. The van der Waals surface area contributed by atoms with Gasteiger partial charge in [0.05, 0.1) is 32.0 Å². The number of carboxylic acid groups (broad SMARTS) is 1. The maximum absolute atomic E-state index is 13.5. The van der Waals surface area contributed by atoms with E-state index in [-0.39, 0.29) is 6.61 Å². The maximum Gasteiger partial charge on any atom is 0.411 e. The lowest BCUT2D eigenvalue weighted by atomic mass is 9.73. The van der Waals surface area contributed by atoms with E-state index in [4.69, 9.17) is 14.2 Å². The molecule has 1 aromatic carbocycles. The molecular formula is C31H42N2O6. The molecule has 8 heteroatoms. The third-order valence-corrected chi connectivity index (χ3v) is 7.94. The van der Waals surface area contributed by atoms with E-state index < -0.39 is 47.7 Å². The van der Waals surface area contributed by atoms with Crippen LogP contribution in [0, 0.1) is 11.3 Å². The number of hydrogen-bond donors (Lipinski definition) is 1. The van der Waals surface area contributed by atoms with Crippen LogP contribution in [0.1, 0.15) is 89.0 Å². The van der Waals surface area contributed by atoms with Crippen molar-refractivity contribution in [3.8, 4) is 5.88 Å². The zero-order chi connectivity index (χ0) is 28.3. The van der Waals surface area contributed by atoms with Crippen molar-refractivity contribution in [2.45, 2.75) is 97.1 Å². The zero-order valence-electron chi connectivity index (χ0n) is 23.9. The number of aliphatic carboxylic acids is 1. The molecule has 212 valence electrons. The Bertz CT molecular complexity index is 1140. The van der Waals surface area contributed by atoms with Crippen molar-refractivity contribution in [3.05, 3.63) is 59.3 Å². The third-order valence-electron chi connectivity index (χ3n) is 7.94. The van der Waals surface area contributed by atoms with Crippen LogP contribution in [-0.2, 0) is 20.9 Å². The van der Waals surface area contributed by atoms with Crippen molar-refractivity contribution in [3.63, 3.8) is 0 Å². The number of carbonyl (C=O) groups excluding carboxylic acids is 1. The first-order valence-electron chi connectivity index (χ1n) is 13.9. The molecule has 2 fully saturated rings. The monoisotopic (exact) mass is 538 g/mol. The number of ether oxygens (including phenoxy) is 3. The van der Waals surface area contributed by atoms with Gasteiger partial charge in [-0.1, -0.05) is 63.9 Å². The van der Waals surface area contributed by atoms with Crippen LogP contribution in [0.5, 0.6) is 5.88 Å². The molecule has 0 spiro atoms. The van der Waals surface area contributed by atoms with Gasteiger partial charge in [0.25, 0.3) is 0 Å². The number of hydrogen-bond acceptors (Lipinski definition) is 6. The van der Waals surface area contributed by atoms with Gasteiger partial charge >= 0.3 is 12.1 Å². The number of aromatic nitrogens is 1. The molecule has 1 aliphatic heterocycles. The summed E-state index contributed by atoms with van der Waals surface area (Å²) in [6.07, 6.45) is 4.94. The minimum absolute atomic E-state index is 0.177. The Balaban J connectivity index is 1.77. The van der Waals surface area contributed by atoms with E-state index in [2.05, 4.69) is 11.1 Å². The van der Waals surface area contributed by atoms with Crippen LogP contribution >= 0.6 is 0 Å². The maximum atomic E-state index is 13.5. The minimum atomic E-state index is -1.13. The number of rotatable bonds is 8. The second kappa shape index (κ2) is 11.9. The highest BCUT2D eigenvalue weighted by molar-refractivity contribution is 5.82. The van der Waals surface area contributed by atoms with Crippen LogP contribution in [0.3, 0.4) is 0 Å². The molecular weight excluding hydrogens is 496 g/mol. The average molecular weight is 539 g/mol. The van der Waals surface area contributed by atoms with Crippen molar-refractivity contribution < 1.29 is 28.9 Å². The standard InChI is InChI=1S/C31H42N2O6/c1-19(2)39-30(36)33-25(21-14-8-7-9-15-21)27(24(31(3,4)5)26(33)29(34)35)38-18-23-16-22(17-32-28(23)37-6)20-12-10-11-13-20/h7-9,14-17,19-20,24-27H,10-13,18H2,1-6H3,(H,34,35)/t24-,25+,26+,27+/m1/s1. The van der Waals surface area contributed by atoms with E-state index in [9.17, 15) is 14.7 Å². The topological polar surface area (TPSA) is 98.2 Å². The number of nitrogens with zero attached hydrogens (tertiary/aromatic N) is 2. The molecule has 39 heavy (non-hydrogen) atoms. The summed E-state index contributed by atoms with van der Waals surface area (Å²) >= 11 is 0. The fourth-order valence-corrected chi connectivity index (χ4v) is 6.28. The van der Waals surface area contributed by atoms with Gasteiger partial charge in [-0.15, -0.1) is 0 Å². The third kappa shape index (κ3) is 6.21. The van der Waals surface area contributed by atoms with E-state index in [0.29, 0.717) is 11.8 Å². The summed E-state index contributed by atoms with van der Waals surface area (Å²) in [6, 6.07) is 9.81. The Morgan fingerprint density at radius 2 is 1.77 bits per heavy atom. The van der Waals surface area contributed by atoms with Gasteiger partial charge in [0.15, 0.2) is 0 Å². The number of methoxy groups -OCH3 is 1. The quantitative estimate of drug-likeness (QED) is 0.418. The SMILES string of the molecule is COc1ncc(C2CCCC2)cc1CO[C@H]1[C@H](C(C)(C)C)[C@@H](C(=O)O)N(C(=O)OC(C)C)[C@H]1c1ccccc1. The van der Waals surface area contributed by atoms with E-state index in [1.165, 1.54) is 23.3 Å². The first kappa shape index (κ1) is 28.9. The highest BCUT2D eigenvalue weighted by Crippen LogP contribution is 2.50. The van der Waals surface area contributed by atoms with Crippen LogP contribution in [0.4, 0.5) is 4.79 Å². The molecule has 8 nitrogen and oxygen atoms in total. The second-order valence-electron chi connectivity index (χ2n) is 12.1. The summed E-state index contributed by atoms with van der Waals surface area (Å²) in [6.45, 7) is 9.67. The lowest BCUT2D eigenvalue weighted by Gasteiger charge is -2.34. The summed E-state index contributed by atoms with van der Waals surface area (Å²) < 4.78 is 17.9. The van der Waals surface area contributed by atoms with Crippen LogP contribution in [0.15, 0.2) is 42.6 Å². The average Bonchev–Trinajstić information content (AvgIpc) is 3.54. The number of carboxylic acids is 1. The number of pyridine rings is 1. The van der Waals surface area contributed by atoms with Crippen molar-refractivity contribution in [1.82, 2.24) is 9.88 Å². The molecule has 2 aromatic rings. The van der Waals surface area contributed by atoms with E-state index in [0.717, 1.165) is 24.0 Å². The molecule has 0 bridgehead atoms. The number of benzene rings is 1. The number of likely N-dealkylation sites (tertiary alicyclic amines) is 1. The summed E-state index contributed by atoms with van der Waals surface area (Å²) in [5.41, 5.74) is 2.29. The number of amides is 1. The summed E-state index contributed by atoms with van der Waals surface area (Å²) in [5, 5.41) is 10.5. The molecule has 4 rings (SSSR count). The van der Waals surface area contributed by atoms with Crippen molar-refractivity contribution in [2.75, 3.05) is 7.11 Å². The summed E-state index contributed by atoms with van der Waals surface area (Å²) in [4.78, 5) is 32.3. The Morgan fingerprint density at radius 1 is 1.10 bits per heavy atom. The molecule has 1 amide bonds. The van der Waals surface area contributed by atoms with Gasteiger partial charge < -0.3 is 19.3 Å². The van der Waals surface area contributed by atoms with Crippen LogP contribution in [0.25, 0.3) is 0 Å². The molecule has 1 saturated carbocycles. The fourth-order valence-electron chi connectivity index (χ4n) is 6.28. The van der Waals surface area contributed by atoms with Crippen molar-refractivity contribution in [2.24, 2.45) is 11.3 Å². The smallest absolute Gasteiger partial charge is 0.411 e. The van der Waals surface area contributed by atoms with Crippen molar-refractivity contribution >= 4 is 12.1 Å². The molecule has 4 atom stereocenters. The van der Waals surface area contributed by atoms with Crippen molar-refractivity contribution in [1.29, 1.82) is 0 Å². The van der Waals surface area contributed by atoms with Gasteiger partial charge in [0.2, 0.25) is 5.88 Å². The second-order valence-corrected chi connectivity index (χ2v) is 12.1. The summed E-state index contributed by atoms with van der Waals surface area (Å²) in [7, 11) is 1.59. The van der Waals surface area contributed by atoms with Crippen LogP contribution < -0.4 is 4.74 Å². The molecule has 1 saturated heterocycles. The number of carbonyl (C=O) groups is 2. The van der Waals surface area contributed by atoms with Gasteiger partial charge in [-0.25, -0.2) is 14.6 Å². The van der Waals surface area contributed by atoms with Gasteiger partial charge in [-0.3, -0.25) is 4.90 Å².